The van der Waals surface area contributed by atoms with E-state index in [-0.39, 0.29) is 0 Å². The van der Waals surface area contributed by atoms with Crippen molar-refractivity contribution in [2.24, 2.45) is 0 Å². The molecular formula is C10H11ClO2. The van der Waals surface area contributed by atoms with Crippen LogP contribution in [0, 0.1) is 0 Å². The van der Waals surface area contributed by atoms with Gasteiger partial charge in [-0.05, 0) is 6.07 Å². The first-order valence-electron chi connectivity index (χ1n) is 3.77. The van der Waals surface area contributed by atoms with Crippen molar-refractivity contribution < 1.29 is 9.47 Å². The van der Waals surface area contributed by atoms with Gasteiger partial charge in [0.1, 0.15) is 11.5 Å². The fraction of sp³-hybridized carbons (Fsp3) is 0.200. The van der Waals surface area contributed by atoms with Crippen molar-refractivity contribution in [2.45, 2.75) is 0 Å². The summed E-state index contributed by atoms with van der Waals surface area (Å²) in [6, 6.07) is 3.49. The highest BCUT2D eigenvalue weighted by atomic mass is 35.5. The van der Waals surface area contributed by atoms with Crippen LogP contribution >= 0.6 is 11.6 Å². The lowest BCUT2D eigenvalue weighted by atomic mass is 10.2. The Kier molecular flexibility index (Phi) is 3.20. The zero-order valence-electron chi connectivity index (χ0n) is 7.63. The third kappa shape index (κ3) is 1.95. The second-order valence-corrected chi connectivity index (χ2v) is 2.84. The third-order valence-corrected chi connectivity index (χ3v) is 2.02. The molecule has 0 saturated heterocycles. The first kappa shape index (κ1) is 9.93. The quantitative estimate of drug-likeness (QED) is 0.744. The maximum atomic E-state index is 5.90. The second kappa shape index (κ2) is 4.19. The minimum Gasteiger partial charge on any atom is -0.496 e. The third-order valence-electron chi connectivity index (χ3n) is 1.72. The van der Waals surface area contributed by atoms with Crippen LogP contribution < -0.4 is 9.47 Å². The van der Waals surface area contributed by atoms with E-state index >= 15 is 0 Å². The maximum absolute atomic E-state index is 5.90. The SMILES string of the molecule is C=Cc1cc(OC)c(Cl)cc1OC. The van der Waals surface area contributed by atoms with Crippen molar-refractivity contribution in [2.75, 3.05) is 14.2 Å². The monoisotopic (exact) mass is 198 g/mol. The van der Waals surface area contributed by atoms with Crippen LogP contribution in [0.2, 0.25) is 5.02 Å². The molecule has 0 heterocycles. The Hall–Kier alpha value is -1.15. The molecule has 13 heavy (non-hydrogen) atoms. The molecule has 70 valence electrons. The average molecular weight is 199 g/mol. The zero-order valence-corrected chi connectivity index (χ0v) is 8.39. The number of hydrogen-bond donors (Lipinski definition) is 0. The predicted molar refractivity (Wildman–Crippen MR) is 54.6 cm³/mol. The van der Waals surface area contributed by atoms with E-state index in [2.05, 4.69) is 6.58 Å². The summed E-state index contributed by atoms with van der Waals surface area (Å²) in [5.41, 5.74) is 0.865. The van der Waals surface area contributed by atoms with Gasteiger partial charge in [0.05, 0.1) is 19.2 Å². The van der Waals surface area contributed by atoms with Crippen molar-refractivity contribution in [3.63, 3.8) is 0 Å². The van der Waals surface area contributed by atoms with Gasteiger partial charge in [-0.3, -0.25) is 0 Å². The lowest BCUT2D eigenvalue weighted by molar-refractivity contribution is 0.402. The first-order chi connectivity index (χ1) is 6.22. The van der Waals surface area contributed by atoms with Gasteiger partial charge in [0.25, 0.3) is 0 Å². The summed E-state index contributed by atoms with van der Waals surface area (Å²) in [6.45, 7) is 3.67. The summed E-state index contributed by atoms with van der Waals surface area (Å²) in [5, 5.41) is 0.532. The van der Waals surface area contributed by atoms with Gasteiger partial charge < -0.3 is 9.47 Å². The Balaban J connectivity index is 3.26. The molecule has 1 aromatic rings. The summed E-state index contributed by atoms with van der Waals surface area (Å²) in [7, 11) is 3.16. The smallest absolute Gasteiger partial charge is 0.138 e. The first-order valence-corrected chi connectivity index (χ1v) is 4.14. The van der Waals surface area contributed by atoms with Crippen LogP contribution in [0.5, 0.6) is 11.5 Å². The zero-order chi connectivity index (χ0) is 9.84. The molecule has 0 N–H and O–H groups in total. The second-order valence-electron chi connectivity index (χ2n) is 2.43. The maximum Gasteiger partial charge on any atom is 0.138 e. The van der Waals surface area contributed by atoms with E-state index < -0.39 is 0 Å². The molecule has 0 aliphatic rings. The highest BCUT2D eigenvalue weighted by Crippen LogP contribution is 2.32. The fourth-order valence-corrected chi connectivity index (χ4v) is 1.27. The van der Waals surface area contributed by atoms with Crippen molar-refractivity contribution in [3.8, 4) is 11.5 Å². The van der Waals surface area contributed by atoms with Crippen molar-refractivity contribution in [1.29, 1.82) is 0 Å². The topological polar surface area (TPSA) is 18.5 Å². The summed E-state index contributed by atoms with van der Waals surface area (Å²) in [6.07, 6.45) is 1.69. The summed E-state index contributed by atoms with van der Waals surface area (Å²) in [5.74, 6) is 1.32. The number of methoxy groups -OCH3 is 2. The molecule has 1 aromatic carbocycles. The van der Waals surface area contributed by atoms with Crippen LogP contribution in [-0.4, -0.2) is 14.2 Å². The molecule has 0 aliphatic heterocycles. The van der Waals surface area contributed by atoms with Crippen molar-refractivity contribution in [1.82, 2.24) is 0 Å². The molecule has 0 aliphatic carbocycles. The normalized spacial score (nSPS) is 9.46. The Morgan fingerprint density at radius 1 is 1.23 bits per heavy atom. The van der Waals surface area contributed by atoms with Gasteiger partial charge in [0.2, 0.25) is 0 Å². The van der Waals surface area contributed by atoms with Crippen LogP contribution in [0.1, 0.15) is 5.56 Å². The molecule has 0 radical (unpaired) electrons. The molecule has 3 heteroatoms. The number of benzene rings is 1. The lowest BCUT2D eigenvalue weighted by Crippen LogP contribution is -1.90. The molecule has 0 bridgehead atoms. The number of ether oxygens (including phenoxy) is 2. The molecule has 1 rings (SSSR count). The Bertz CT molecular complexity index is 321. The van der Waals surface area contributed by atoms with Crippen LogP contribution in [0.25, 0.3) is 6.08 Å². The largest absolute Gasteiger partial charge is 0.496 e. The number of hydrogen-bond acceptors (Lipinski definition) is 2. The summed E-state index contributed by atoms with van der Waals surface area (Å²) in [4.78, 5) is 0. The van der Waals surface area contributed by atoms with Gasteiger partial charge in [-0.25, -0.2) is 0 Å². The molecule has 0 amide bonds. The van der Waals surface area contributed by atoms with E-state index in [9.17, 15) is 0 Å². The van der Waals surface area contributed by atoms with Crippen LogP contribution in [0.3, 0.4) is 0 Å². The summed E-state index contributed by atoms with van der Waals surface area (Å²) < 4.78 is 10.2. The molecule has 0 saturated carbocycles. The van der Waals surface area contributed by atoms with Crippen LogP contribution in [0.15, 0.2) is 18.7 Å². The van der Waals surface area contributed by atoms with E-state index in [0.717, 1.165) is 5.56 Å². The predicted octanol–water partition coefficient (Wildman–Crippen LogP) is 3.00. The molecule has 0 spiro atoms. The molecule has 0 fully saturated rings. The number of rotatable bonds is 3. The van der Waals surface area contributed by atoms with Gasteiger partial charge in [-0.15, -0.1) is 0 Å². The van der Waals surface area contributed by atoms with Gasteiger partial charge in [-0.2, -0.15) is 0 Å². The average Bonchev–Trinajstić information content (AvgIpc) is 2.17. The van der Waals surface area contributed by atoms with E-state index in [4.69, 9.17) is 21.1 Å². The minimum absolute atomic E-state index is 0.532. The van der Waals surface area contributed by atoms with Crippen LogP contribution in [-0.2, 0) is 0 Å². The van der Waals surface area contributed by atoms with Gasteiger partial charge in [0, 0.05) is 11.6 Å². The van der Waals surface area contributed by atoms with Gasteiger partial charge >= 0.3 is 0 Å². The number of halogens is 1. The molecule has 2 nitrogen and oxygen atoms in total. The molecular weight excluding hydrogens is 188 g/mol. The molecule has 0 atom stereocenters. The van der Waals surface area contributed by atoms with E-state index in [1.165, 1.54) is 0 Å². The summed E-state index contributed by atoms with van der Waals surface area (Å²) >= 11 is 5.90. The van der Waals surface area contributed by atoms with Crippen molar-refractivity contribution >= 4 is 17.7 Å². The Morgan fingerprint density at radius 3 is 2.31 bits per heavy atom. The van der Waals surface area contributed by atoms with Crippen LogP contribution in [0.4, 0.5) is 0 Å². The highest BCUT2D eigenvalue weighted by Gasteiger charge is 2.06. The Morgan fingerprint density at radius 2 is 1.85 bits per heavy atom. The van der Waals surface area contributed by atoms with E-state index in [0.29, 0.717) is 16.5 Å². The molecule has 0 aromatic heterocycles. The van der Waals surface area contributed by atoms with Gasteiger partial charge in [0.15, 0.2) is 0 Å². The highest BCUT2D eigenvalue weighted by molar-refractivity contribution is 6.32. The van der Waals surface area contributed by atoms with Crippen molar-refractivity contribution in [3.05, 3.63) is 29.3 Å². The lowest BCUT2D eigenvalue weighted by Gasteiger charge is -2.08. The fourth-order valence-electron chi connectivity index (χ4n) is 1.04. The molecule has 0 unspecified atom stereocenters. The van der Waals surface area contributed by atoms with E-state index in [1.54, 1.807) is 32.4 Å². The minimum atomic E-state index is 0.532. The van der Waals surface area contributed by atoms with Gasteiger partial charge in [-0.1, -0.05) is 24.3 Å². The standard InChI is InChI=1S/C10H11ClO2/c1-4-7-5-10(13-3)8(11)6-9(7)12-2/h4-6H,1H2,2-3H3. The van der Waals surface area contributed by atoms with E-state index in [1.807, 2.05) is 0 Å². The Labute approximate surface area is 82.7 Å².